The van der Waals surface area contributed by atoms with E-state index in [-0.39, 0.29) is 11.4 Å². The number of aromatic nitrogens is 3. The first-order valence-corrected chi connectivity index (χ1v) is 15.0. The molecule has 1 amide bonds. The molecular weight excluding hydrogens is 400 g/mol. The van der Waals surface area contributed by atoms with Crippen molar-refractivity contribution in [2.75, 3.05) is 6.61 Å². The van der Waals surface area contributed by atoms with Gasteiger partial charge in [-0.1, -0.05) is 19.6 Å². The zero-order chi connectivity index (χ0) is 21.2. The molecule has 3 rings (SSSR count). The molecule has 6 nitrogen and oxygen atoms in total. The van der Waals surface area contributed by atoms with E-state index in [1.54, 1.807) is 22.2 Å². The zero-order valence-corrected chi connectivity index (χ0v) is 20.4. The van der Waals surface area contributed by atoms with Gasteiger partial charge in [-0.05, 0) is 52.5 Å². The van der Waals surface area contributed by atoms with Crippen LogP contribution in [0.4, 0.5) is 0 Å². The molecule has 160 valence electrons. The van der Waals surface area contributed by atoms with Crippen LogP contribution in [-0.4, -0.2) is 40.9 Å². The Bertz CT molecular complexity index is 838. The standard InChI is InChI=1S/C21H34N4O2SSi/c1-21(2,3)23-19(26)15-13-25(14-27-11-12-29(4,5)6)24-18(15)20-22-16-9-7-8-10-17(16)28-20/h13H,7-12,14H2,1-6H3,(H,23,26). The summed E-state index contributed by atoms with van der Waals surface area (Å²) in [5.41, 5.74) is 2.10. The number of aryl methyl sites for hydroxylation is 2. The third-order valence-corrected chi connectivity index (χ3v) is 7.63. The molecule has 0 aromatic carbocycles. The molecule has 0 aliphatic heterocycles. The number of rotatable bonds is 7. The average molecular weight is 435 g/mol. The summed E-state index contributed by atoms with van der Waals surface area (Å²) in [7, 11) is -1.13. The fourth-order valence-corrected chi connectivity index (χ4v) is 5.11. The smallest absolute Gasteiger partial charge is 0.255 e. The lowest BCUT2D eigenvalue weighted by atomic mass is 10.0. The highest BCUT2D eigenvalue weighted by molar-refractivity contribution is 7.15. The Kier molecular flexibility index (Phi) is 6.65. The van der Waals surface area contributed by atoms with Gasteiger partial charge in [0.05, 0.1) is 11.3 Å². The molecule has 2 aromatic rings. The van der Waals surface area contributed by atoms with Crippen molar-refractivity contribution in [1.82, 2.24) is 20.1 Å². The Morgan fingerprint density at radius 1 is 1.28 bits per heavy atom. The molecule has 0 fully saturated rings. The summed E-state index contributed by atoms with van der Waals surface area (Å²) >= 11 is 1.68. The highest BCUT2D eigenvalue weighted by atomic mass is 32.1. The van der Waals surface area contributed by atoms with E-state index in [0.717, 1.165) is 30.5 Å². The quantitative estimate of drug-likeness (QED) is 0.505. The van der Waals surface area contributed by atoms with Gasteiger partial charge in [-0.3, -0.25) is 4.79 Å². The molecule has 2 aromatic heterocycles. The predicted molar refractivity (Wildman–Crippen MR) is 121 cm³/mol. The third-order valence-electron chi connectivity index (χ3n) is 4.76. The van der Waals surface area contributed by atoms with E-state index < -0.39 is 8.07 Å². The van der Waals surface area contributed by atoms with Crippen LogP contribution in [0.25, 0.3) is 10.7 Å². The van der Waals surface area contributed by atoms with Gasteiger partial charge in [0, 0.05) is 31.3 Å². The Balaban J connectivity index is 1.83. The molecule has 0 saturated heterocycles. The summed E-state index contributed by atoms with van der Waals surface area (Å²) in [4.78, 5) is 19.1. The molecule has 2 heterocycles. The predicted octanol–water partition coefficient (Wildman–Crippen LogP) is 4.73. The molecule has 0 saturated carbocycles. The number of hydrogen-bond donors (Lipinski definition) is 1. The van der Waals surface area contributed by atoms with Gasteiger partial charge in [0.1, 0.15) is 17.4 Å². The molecule has 0 atom stereocenters. The van der Waals surface area contributed by atoms with Crippen LogP contribution in [0.3, 0.4) is 0 Å². The van der Waals surface area contributed by atoms with Crippen molar-refractivity contribution in [3.8, 4) is 10.7 Å². The van der Waals surface area contributed by atoms with Gasteiger partial charge in [-0.25, -0.2) is 9.67 Å². The second kappa shape index (κ2) is 8.69. The lowest BCUT2D eigenvalue weighted by molar-refractivity contribution is 0.0785. The van der Waals surface area contributed by atoms with Crippen LogP contribution >= 0.6 is 11.3 Å². The molecule has 1 aliphatic rings. The fourth-order valence-electron chi connectivity index (χ4n) is 3.21. The third kappa shape index (κ3) is 6.23. The first-order valence-electron chi connectivity index (χ1n) is 10.5. The Labute approximate surface area is 179 Å². The number of fused-ring (bicyclic) bond motifs is 1. The van der Waals surface area contributed by atoms with E-state index in [2.05, 4.69) is 25.0 Å². The molecule has 29 heavy (non-hydrogen) atoms. The van der Waals surface area contributed by atoms with Crippen molar-refractivity contribution in [2.24, 2.45) is 0 Å². The topological polar surface area (TPSA) is 69.0 Å². The van der Waals surface area contributed by atoms with Crippen LogP contribution in [-0.2, 0) is 24.3 Å². The summed E-state index contributed by atoms with van der Waals surface area (Å²) in [6, 6.07) is 1.11. The number of thiazole rings is 1. The molecule has 0 unspecified atom stereocenters. The van der Waals surface area contributed by atoms with Crippen molar-refractivity contribution in [1.29, 1.82) is 0 Å². The van der Waals surface area contributed by atoms with Crippen molar-refractivity contribution in [3.05, 3.63) is 22.3 Å². The normalized spacial score (nSPS) is 14.7. The number of carbonyl (C=O) groups excluding carboxylic acids is 1. The van der Waals surface area contributed by atoms with E-state index in [4.69, 9.17) is 14.8 Å². The maximum atomic E-state index is 12.9. The zero-order valence-electron chi connectivity index (χ0n) is 18.6. The molecule has 8 heteroatoms. The SMILES string of the molecule is CC(C)(C)NC(=O)c1cn(COCC[Si](C)(C)C)nc1-c1nc2c(s1)CCCC2. The van der Waals surface area contributed by atoms with Gasteiger partial charge in [0.2, 0.25) is 0 Å². The molecule has 1 aliphatic carbocycles. The minimum absolute atomic E-state index is 0.117. The van der Waals surface area contributed by atoms with E-state index in [9.17, 15) is 4.79 Å². The van der Waals surface area contributed by atoms with Gasteiger partial charge in [-0.2, -0.15) is 5.10 Å². The number of amides is 1. The monoisotopic (exact) mass is 434 g/mol. The van der Waals surface area contributed by atoms with E-state index in [1.165, 1.54) is 23.4 Å². The second-order valence-corrected chi connectivity index (χ2v) is 16.8. The lowest BCUT2D eigenvalue weighted by Gasteiger charge is -2.20. The molecule has 0 spiro atoms. The summed E-state index contributed by atoms with van der Waals surface area (Å²) in [6.45, 7) is 14.0. The number of ether oxygens (including phenoxy) is 1. The lowest BCUT2D eigenvalue weighted by Crippen LogP contribution is -2.40. The number of nitrogens with one attached hydrogen (secondary N) is 1. The Morgan fingerprint density at radius 3 is 2.66 bits per heavy atom. The first-order chi connectivity index (χ1) is 13.5. The van der Waals surface area contributed by atoms with E-state index >= 15 is 0 Å². The fraction of sp³-hybridized carbons (Fsp3) is 0.667. The van der Waals surface area contributed by atoms with Gasteiger partial charge >= 0.3 is 0 Å². The van der Waals surface area contributed by atoms with Gasteiger partial charge in [-0.15, -0.1) is 11.3 Å². The number of nitrogens with zero attached hydrogens (tertiary/aromatic N) is 3. The van der Waals surface area contributed by atoms with Crippen LogP contribution in [0.1, 0.15) is 54.5 Å². The molecule has 0 radical (unpaired) electrons. The summed E-state index contributed by atoms with van der Waals surface area (Å²) in [5.74, 6) is -0.117. The van der Waals surface area contributed by atoms with Crippen LogP contribution in [0.2, 0.25) is 25.7 Å². The minimum Gasteiger partial charge on any atom is -0.360 e. The number of carbonyl (C=O) groups is 1. The van der Waals surface area contributed by atoms with Crippen LogP contribution < -0.4 is 5.32 Å². The highest BCUT2D eigenvalue weighted by Crippen LogP contribution is 2.33. The van der Waals surface area contributed by atoms with E-state index in [1.807, 2.05) is 20.8 Å². The van der Waals surface area contributed by atoms with Gasteiger partial charge < -0.3 is 10.1 Å². The van der Waals surface area contributed by atoms with Crippen molar-refractivity contribution >= 4 is 25.3 Å². The van der Waals surface area contributed by atoms with E-state index in [0.29, 0.717) is 18.0 Å². The second-order valence-electron chi connectivity index (χ2n) is 10.1. The van der Waals surface area contributed by atoms with Gasteiger partial charge in [0.15, 0.2) is 0 Å². The summed E-state index contributed by atoms with van der Waals surface area (Å²) in [5, 5.41) is 8.60. The Morgan fingerprint density at radius 2 is 2.00 bits per heavy atom. The molecule has 1 N–H and O–H groups in total. The van der Waals surface area contributed by atoms with Crippen molar-refractivity contribution in [2.45, 2.75) is 84.4 Å². The van der Waals surface area contributed by atoms with Crippen molar-refractivity contribution in [3.63, 3.8) is 0 Å². The van der Waals surface area contributed by atoms with Crippen LogP contribution in [0, 0.1) is 0 Å². The average Bonchev–Trinajstić information content (AvgIpc) is 3.20. The maximum Gasteiger partial charge on any atom is 0.255 e. The Hall–Kier alpha value is -1.51. The van der Waals surface area contributed by atoms with Crippen LogP contribution in [0.5, 0.6) is 0 Å². The summed E-state index contributed by atoms with van der Waals surface area (Å²) in [6.07, 6.45) is 6.30. The minimum atomic E-state index is -1.13. The highest BCUT2D eigenvalue weighted by Gasteiger charge is 2.25. The van der Waals surface area contributed by atoms with Gasteiger partial charge in [0.25, 0.3) is 5.91 Å². The first kappa shape index (κ1) is 22.2. The van der Waals surface area contributed by atoms with Crippen LogP contribution in [0.15, 0.2) is 6.20 Å². The maximum absolute atomic E-state index is 12.9. The van der Waals surface area contributed by atoms with Crippen molar-refractivity contribution < 1.29 is 9.53 Å². The largest absolute Gasteiger partial charge is 0.360 e. The molecule has 0 bridgehead atoms. The molecular formula is C21H34N4O2SSi. The number of hydrogen-bond acceptors (Lipinski definition) is 5. The summed E-state index contributed by atoms with van der Waals surface area (Å²) < 4.78 is 7.58.